The molecule has 4 rings (SSSR count). The number of halogens is 4. The number of carbonyl (C=O) groups excluding carboxylic acids is 1. The van der Waals surface area contributed by atoms with Crippen molar-refractivity contribution >= 4 is 34.7 Å². The predicted molar refractivity (Wildman–Crippen MR) is 144 cm³/mol. The zero-order chi connectivity index (χ0) is 28.4. The van der Waals surface area contributed by atoms with Gasteiger partial charge in [0, 0.05) is 29.2 Å². The van der Waals surface area contributed by atoms with Gasteiger partial charge in [-0.25, -0.2) is 15.0 Å². The van der Waals surface area contributed by atoms with Crippen LogP contribution >= 0.6 is 11.6 Å². The molecule has 0 atom stereocenters. The molecule has 0 aliphatic rings. The predicted octanol–water partition coefficient (Wildman–Crippen LogP) is 6.13. The molecule has 4 N–H and O–H groups in total. The van der Waals surface area contributed by atoms with Crippen molar-refractivity contribution in [1.82, 2.24) is 15.3 Å². The van der Waals surface area contributed by atoms with E-state index in [1.54, 1.807) is 62.4 Å². The van der Waals surface area contributed by atoms with E-state index in [9.17, 15) is 23.1 Å². The Morgan fingerprint density at radius 3 is 2.23 bits per heavy atom. The van der Waals surface area contributed by atoms with E-state index in [1.807, 2.05) is 0 Å². The summed E-state index contributed by atoms with van der Waals surface area (Å²) in [4.78, 5) is 25.8. The molecule has 0 aliphatic carbocycles. The second-order valence-corrected chi connectivity index (χ2v) is 9.47. The summed E-state index contributed by atoms with van der Waals surface area (Å²) in [6.07, 6.45) is -2.19. The van der Waals surface area contributed by atoms with Crippen molar-refractivity contribution in [3.8, 4) is 11.4 Å². The van der Waals surface area contributed by atoms with Crippen molar-refractivity contribution in [2.45, 2.75) is 25.6 Å². The topological polar surface area (TPSA) is 113 Å². The fourth-order valence-electron chi connectivity index (χ4n) is 3.73. The number of aromatic nitrogens is 2. The van der Waals surface area contributed by atoms with E-state index in [2.05, 4.69) is 20.3 Å². The molecule has 0 fully saturated rings. The number of carbonyl (C=O) groups is 1. The van der Waals surface area contributed by atoms with Gasteiger partial charge in [0.2, 0.25) is 0 Å². The number of amides is 1. The first-order valence-corrected chi connectivity index (χ1v) is 12.0. The molecule has 0 unspecified atom stereocenters. The number of aliphatic imine (C=N–C) groups is 1. The van der Waals surface area contributed by atoms with Crippen LogP contribution in [0, 0.1) is 0 Å². The van der Waals surface area contributed by atoms with Crippen molar-refractivity contribution in [2.24, 2.45) is 4.99 Å². The first-order chi connectivity index (χ1) is 18.3. The van der Waals surface area contributed by atoms with Crippen LogP contribution in [0.3, 0.4) is 0 Å². The number of nitrogen functional groups attached to an aromatic ring is 1. The molecule has 11 heteroatoms. The molecule has 0 radical (unpaired) electrons. The number of hydrogen-bond acceptors (Lipinski definition) is 6. The van der Waals surface area contributed by atoms with E-state index in [0.717, 1.165) is 6.07 Å². The maximum Gasteiger partial charge on any atom is 0.417 e. The Hall–Kier alpha value is -4.28. The molecule has 39 heavy (non-hydrogen) atoms. The molecular formula is C28H23ClF3N5O2. The summed E-state index contributed by atoms with van der Waals surface area (Å²) in [6, 6.07) is 16.6. The number of para-hydroxylation sites is 1. The van der Waals surface area contributed by atoms with Crippen LogP contribution in [-0.2, 0) is 11.8 Å². The van der Waals surface area contributed by atoms with E-state index in [0.29, 0.717) is 22.9 Å². The standard InChI is InChI=1S/C28H23ClF3N5O2/c1-27(2,39)16-9-10-18(23(33)13-16)25(36-17-7-4-3-5-8-17)37-26(38)20-14-19(24-34-11-6-12-35-24)21(15-22(20)29)28(30,31)32/h3-15,39H,33H2,1-2H3,(H,36,37,38). The van der Waals surface area contributed by atoms with E-state index in [1.165, 1.54) is 18.5 Å². The summed E-state index contributed by atoms with van der Waals surface area (Å²) in [6.45, 7) is 3.20. The molecule has 4 aromatic rings. The van der Waals surface area contributed by atoms with E-state index < -0.39 is 33.8 Å². The maximum atomic E-state index is 13.8. The summed E-state index contributed by atoms with van der Waals surface area (Å²) in [5.74, 6) is -1.02. The monoisotopic (exact) mass is 553 g/mol. The molecule has 1 amide bonds. The van der Waals surface area contributed by atoms with Crippen LogP contribution in [0.25, 0.3) is 11.4 Å². The Bertz CT molecular complexity index is 1540. The van der Waals surface area contributed by atoms with Gasteiger partial charge in [0.15, 0.2) is 5.82 Å². The Kier molecular flexibility index (Phi) is 7.71. The molecule has 0 spiro atoms. The van der Waals surface area contributed by atoms with E-state index in [-0.39, 0.29) is 22.9 Å². The number of hydrogen-bond donors (Lipinski definition) is 3. The van der Waals surface area contributed by atoms with Gasteiger partial charge in [0.25, 0.3) is 5.91 Å². The summed E-state index contributed by atoms with van der Waals surface area (Å²) >= 11 is 6.19. The van der Waals surface area contributed by atoms with E-state index in [4.69, 9.17) is 17.3 Å². The normalized spacial score (nSPS) is 12.3. The van der Waals surface area contributed by atoms with Crippen molar-refractivity contribution in [2.75, 3.05) is 5.73 Å². The molecule has 1 aromatic heterocycles. The number of amidine groups is 1. The van der Waals surface area contributed by atoms with Gasteiger partial charge >= 0.3 is 6.18 Å². The number of anilines is 1. The minimum absolute atomic E-state index is 0.0273. The van der Waals surface area contributed by atoms with Crippen LogP contribution in [0.2, 0.25) is 5.02 Å². The molecule has 1 heterocycles. The van der Waals surface area contributed by atoms with Gasteiger partial charge in [-0.3, -0.25) is 4.79 Å². The molecule has 7 nitrogen and oxygen atoms in total. The smallest absolute Gasteiger partial charge is 0.398 e. The highest BCUT2D eigenvalue weighted by Crippen LogP contribution is 2.39. The number of benzene rings is 3. The number of alkyl halides is 3. The quantitative estimate of drug-likeness (QED) is 0.156. The average molecular weight is 554 g/mol. The van der Waals surface area contributed by atoms with Crippen LogP contribution < -0.4 is 11.1 Å². The molecule has 0 saturated heterocycles. The lowest BCUT2D eigenvalue weighted by Crippen LogP contribution is -2.32. The third-order valence-electron chi connectivity index (χ3n) is 5.71. The second kappa shape index (κ2) is 10.8. The number of nitrogens with zero attached hydrogens (tertiary/aromatic N) is 3. The van der Waals surface area contributed by atoms with Crippen LogP contribution in [0.15, 0.2) is 84.1 Å². The summed E-state index contributed by atoms with van der Waals surface area (Å²) in [7, 11) is 0. The molecule has 0 bridgehead atoms. The van der Waals surface area contributed by atoms with Crippen molar-refractivity contribution < 1.29 is 23.1 Å². The summed E-state index contributed by atoms with van der Waals surface area (Å²) in [5, 5.41) is 12.6. The highest BCUT2D eigenvalue weighted by atomic mass is 35.5. The van der Waals surface area contributed by atoms with Gasteiger partial charge in [-0.05, 0) is 61.9 Å². The van der Waals surface area contributed by atoms with Gasteiger partial charge in [-0.15, -0.1) is 0 Å². The number of nitrogens with one attached hydrogen (secondary N) is 1. The first-order valence-electron chi connectivity index (χ1n) is 11.6. The fourth-order valence-corrected chi connectivity index (χ4v) is 3.98. The Balaban J connectivity index is 1.81. The van der Waals surface area contributed by atoms with Crippen LogP contribution in [0.4, 0.5) is 24.5 Å². The minimum Gasteiger partial charge on any atom is -0.398 e. The molecule has 200 valence electrons. The summed E-state index contributed by atoms with van der Waals surface area (Å²) in [5.41, 5.74) is 4.92. The molecule has 3 aromatic carbocycles. The van der Waals surface area contributed by atoms with Crippen molar-refractivity contribution in [1.29, 1.82) is 0 Å². The highest BCUT2D eigenvalue weighted by Gasteiger charge is 2.36. The second-order valence-electron chi connectivity index (χ2n) is 9.06. The van der Waals surface area contributed by atoms with Gasteiger partial charge in [0.05, 0.1) is 27.4 Å². The van der Waals surface area contributed by atoms with Gasteiger partial charge in [-0.1, -0.05) is 35.9 Å². The third kappa shape index (κ3) is 6.42. The van der Waals surface area contributed by atoms with Gasteiger partial charge < -0.3 is 16.2 Å². The van der Waals surface area contributed by atoms with Gasteiger partial charge in [-0.2, -0.15) is 13.2 Å². The zero-order valence-electron chi connectivity index (χ0n) is 20.8. The summed E-state index contributed by atoms with van der Waals surface area (Å²) < 4.78 is 41.4. The van der Waals surface area contributed by atoms with Crippen LogP contribution in [-0.4, -0.2) is 26.8 Å². The largest absolute Gasteiger partial charge is 0.417 e. The zero-order valence-corrected chi connectivity index (χ0v) is 21.5. The first kappa shape index (κ1) is 27.7. The SMILES string of the molecule is CC(C)(O)c1ccc(C(=Nc2ccccc2)NC(=O)c2cc(-c3ncccn3)c(C(F)(F)F)cc2Cl)c(N)c1. The maximum absolute atomic E-state index is 13.8. The third-order valence-corrected chi connectivity index (χ3v) is 6.02. The van der Waals surface area contributed by atoms with Crippen molar-refractivity contribution in [3.63, 3.8) is 0 Å². The van der Waals surface area contributed by atoms with Crippen LogP contribution in [0.5, 0.6) is 0 Å². The molecule has 0 aliphatic heterocycles. The lowest BCUT2D eigenvalue weighted by Gasteiger charge is -2.20. The molecular weight excluding hydrogens is 531 g/mol. The van der Waals surface area contributed by atoms with Gasteiger partial charge in [0.1, 0.15) is 5.84 Å². The Labute approximate surface area is 227 Å². The lowest BCUT2D eigenvalue weighted by molar-refractivity contribution is -0.137. The number of nitrogens with two attached hydrogens (primary N) is 1. The average Bonchev–Trinajstić information content (AvgIpc) is 2.88. The van der Waals surface area contributed by atoms with E-state index >= 15 is 0 Å². The Morgan fingerprint density at radius 2 is 1.64 bits per heavy atom. The van der Waals surface area contributed by atoms with Crippen molar-refractivity contribution in [3.05, 3.63) is 106 Å². The van der Waals surface area contributed by atoms with Crippen LogP contribution in [0.1, 0.15) is 40.9 Å². The lowest BCUT2D eigenvalue weighted by atomic mass is 9.96. The minimum atomic E-state index is -4.77. The Morgan fingerprint density at radius 1 is 0.974 bits per heavy atom. The number of rotatable bonds is 5. The highest BCUT2D eigenvalue weighted by molar-refractivity contribution is 6.34. The number of aliphatic hydroxyl groups is 1. The molecule has 0 saturated carbocycles. The fraction of sp³-hybridized carbons (Fsp3) is 0.143.